The van der Waals surface area contributed by atoms with Gasteiger partial charge in [0, 0.05) is 12.4 Å². The Morgan fingerprint density at radius 3 is 2.00 bits per heavy atom. The van der Waals surface area contributed by atoms with Gasteiger partial charge in [-0.15, -0.1) is 11.6 Å². The molecule has 4 heavy (non-hydrogen) atoms. The second-order valence-electron chi connectivity index (χ2n) is 0.439. The molecule has 0 rings (SSSR count). The van der Waals surface area contributed by atoms with Gasteiger partial charge in [0.15, 0.2) is 0 Å². The van der Waals surface area contributed by atoms with Crippen LogP contribution in [0, 0.1) is 0 Å². The third-order valence-electron chi connectivity index (χ3n) is 0.0945. The van der Waals surface area contributed by atoms with Gasteiger partial charge < -0.3 is 0 Å². The number of hydrogen-bond donors (Lipinski definition) is 0. The third-order valence-corrected chi connectivity index (χ3v) is 0.283. The number of nitrogens with one attached hydrogen (secondary N) is 1. The molecule has 0 fully saturated rings. The Hall–Kier alpha value is 0.250. The first-order valence-electron chi connectivity index (χ1n) is 1.12. The van der Waals surface area contributed by atoms with Crippen LogP contribution in [0.25, 0.3) is 0 Å². The van der Waals surface area contributed by atoms with E-state index >= 15 is 0 Å². The summed E-state index contributed by atoms with van der Waals surface area (Å²) in [6.07, 6.45) is 0. The normalized spacial score (nSPS) is 7.50. The standard InChI is InChI=1S/C2H5ClN/c3-1-2-4/h4H,1-2H2. The van der Waals surface area contributed by atoms with E-state index in [0.29, 0.717) is 12.4 Å². The van der Waals surface area contributed by atoms with Crippen LogP contribution in [-0.2, 0) is 0 Å². The van der Waals surface area contributed by atoms with Crippen molar-refractivity contribution in [3.8, 4) is 0 Å². The molecule has 1 radical (unpaired) electrons. The highest BCUT2D eigenvalue weighted by atomic mass is 35.5. The Labute approximate surface area is 30.7 Å². The average Bonchev–Trinajstić information content (AvgIpc) is 1.37. The molecule has 0 amide bonds. The van der Waals surface area contributed by atoms with E-state index in [1.807, 2.05) is 0 Å². The quantitative estimate of drug-likeness (QED) is 0.408. The van der Waals surface area contributed by atoms with Crippen molar-refractivity contribution in [2.24, 2.45) is 0 Å². The second kappa shape index (κ2) is 3.25. The molecule has 0 spiro atoms. The van der Waals surface area contributed by atoms with Gasteiger partial charge in [-0.05, 0) is 0 Å². The molecule has 0 atom stereocenters. The van der Waals surface area contributed by atoms with E-state index in [1.54, 1.807) is 0 Å². The minimum absolute atomic E-state index is 0.335. The largest absolute Gasteiger partial charge is 0.257 e. The molecule has 1 N–H and O–H groups in total. The van der Waals surface area contributed by atoms with Crippen molar-refractivity contribution >= 4 is 11.6 Å². The van der Waals surface area contributed by atoms with E-state index < -0.39 is 0 Å². The van der Waals surface area contributed by atoms with Gasteiger partial charge in [0.1, 0.15) is 0 Å². The maximum atomic E-state index is 6.32. The van der Waals surface area contributed by atoms with Gasteiger partial charge >= 0.3 is 0 Å². The molecule has 0 bridgehead atoms. The van der Waals surface area contributed by atoms with E-state index in [1.165, 1.54) is 0 Å². The van der Waals surface area contributed by atoms with Crippen LogP contribution in [0.2, 0.25) is 0 Å². The van der Waals surface area contributed by atoms with Gasteiger partial charge in [0.25, 0.3) is 0 Å². The highest BCUT2D eigenvalue weighted by Gasteiger charge is 1.59. The Kier molecular flexibility index (Phi) is 3.45. The minimum Gasteiger partial charge on any atom is -0.257 e. The van der Waals surface area contributed by atoms with Crippen LogP contribution < -0.4 is 5.73 Å². The molecule has 0 saturated carbocycles. The molecule has 0 aromatic rings. The lowest BCUT2D eigenvalue weighted by molar-refractivity contribution is 1.10. The number of alkyl halides is 1. The molecule has 0 aromatic heterocycles. The molecule has 0 unspecified atom stereocenters. The molecule has 0 saturated heterocycles. The van der Waals surface area contributed by atoms with Crippen molar-refractivity contribution in [2.75, 3.05) is 12.4 Å². The molecule has 2 heteroatoms. The predicted molar refractivity (Wildman–Crippen MR) is 18.7 cm³/mol. The van der Waals surface area contributed by atoms with E-state index in [-0.39, 0.29) is 0 Å². The summed E-state index contributed by atoms with van der Waals surface area (Å²) in [6.45, 7) is 0.335. The molecule has 0 aromatic carbocycles. The molecule has 0 heterocycles. The van der Waals surface area contributed by atoms with Crippen LogP contribution in [0.15, 0.2) is 0 Å². The summed E-state index contributed by atoms with van der Waals surface area (Å²) in [7, 11) is 0. The summed E-state index contributed by atoms with van der Waals surface area (Å²) in [6, 6.07) is 0. The Balaban J connectivity index is 1.97. The zero-order chi connectivity index (χ0) is 3.41. The maximum Gasteiger partial charge on any atom is 0.0362 e. The molecular formula is C2H5ClN. The first-order valence-corrected chi connectivity index (χ1v) is 1.66. The predicted octanol–water partition coefficient (Wildman–Crippen LogP) is 0.508. The maximum absolute atomic E-state index is 6.32. The van der Waals surface area contributed by atoms with Crippen molar-refractivity contribution in [1.29, 1.82) is 0 Å². The lowest BCUT2D eigenvalue weighted by Gasteiger charge is -1.65. The zero-order valence-corrected chi connectivity index (χ0v) is 3.05. The third kappa shape index (κ3) is 2.25. The molecule has 0 aliphatic heterocycles. The molecule has 0 aliphatic carbocycles. The summed E-state index contributed by atoms with van der Waals surface area (Å²) < 4.78 is 0. The van der Waals surface area contributed by atoms with Gasteiger partial charge in [0.05, 0.1) is 0 Å². The lowest BCUT2D eigenvalue weighted by atomic mass is 10.8. The summed E-state index contributed by atoms with van der Waals surface area (Å²) in [4.78, 5) is 0. The Morgan fingerprint density at radius 2 is 2.00 bits per heavy atom. The van der Waals surface area contributed by atoms with Crippen LogP contribution in [0.4, 0.5) is 0 Å². The van der Waals surface area contributed by atoms with Crippen LogP contribution in [-0.4, -0.2) is 12.4 Å². The summed E-state index contributed by atoms with van der Waals surface area (Å²) >= 11 is 5.00. The van der Waals surface area contributed by atoms with Crippen molar-refractivity contribution in [2.45, 2.75) is 0 Å². The highest BCUT2D eigenvalue weighted by Crippen LogP contribution is 1.62. The van der Waals surface area contributed by atoms with Crippen LogP contribution in [0.5, 0.6) is 0 Å². The number of rotatable bonds is 1. The summed E-state index contributed by atoms with van der Waals surface area (Å²) in [5, 5.41) is 0. The SMILES string of the molecule is [NH]CCCl. The van der Waals surface area contributed by atoms with Crippen LogP contribution in [0.1, 0.15) is 0 Å². The van der Waals surface area contributed by atoms with Gasteiger partial charge in [-0.2, -0.15) is 0 Å². The first-order chi connectivity index (χ1) is 1.91. The Bertz CT molecular complexity index is 8.00. The van der Waals surface area contributed by atoms with E-state index in [9.17, 15) is 0 Å². The first kappa shape index (κ1) is 4.25. The van der Waals surface area contributed by atoms with E-state index in [2.05, 4.69) is 0 Å². The summed E-state index contributed by atoms with van der Waals surface area (Å²) in [5.41, 5.74) is 6.32. The van der Waals surface area contributed by atoms with Crippen molar-refractivity contribution in [3.05, 3.63) is 0 Å². The van der Waals surface area contributed by atoms with E-state index in [4.69, 9.17) is 17.3 Å². The second-order valence-corrected chi connectivity index (χ2v) is 0.817. The van der Waals surface area contributed by atoms with Gasteiger partial charge in [-0.3, -0.25) is 5.73 Å². The topological polar surface area (TPSA) is 23.8 Å². The highest BCUT2D eigenvalue weighted by molar-refractivity contribution is 6.18. The van der Waals surface area contributed by atoms with Crippen molar-refractivity contribution in [1.82, 2.24) is 5.73 Å². The number of hydrogen-bond acceptors (Lipinski definition) is 0. The zero-order valence-electron chi connectivity index (χ0n) is 2.29. The smallest absolute Gasteiger partial charge is 0.0362 e. The molecule has 1 nitrogen and oxygen atoms in total. The van der Waals surface area contributed by atoms with Gasteiger partial charge in [-0.25, -0.2) is 0 Å². The molecule has 0 aliphatic rings. The number of halogens is 1. The monoisotopic (exact) mass is 78.0 g/mol. The lowest BCUT2D eigenvalue weighted by Crippen LogP contribution is -1.80. The molecule has 25 valence electrons. The fourth-order valence-corrected chi connectivity index (χ4v) is 0. The van der Waals surface area contributed by atoms with Crippen molar-refractivity contribution < 1.29 is 0 Å². The van der Waals surface area contributed by atoms with Gasteiger partial charge in [-0.1, -0.05) is 0 Å². The minimum atomic E-state index is 0.335. The van der Waals surface area contributed by atoms with Gasteiger partial charge in [0.2, 0.25) is 0 Å². The van der Waals surface area contributed by atoms with Crippen molar-refractivity contribution in [3.63, 3.8) is 0 Å². The van der Waals surface area contributed by atoms with E-state index in [0.717, 1.165) is 0 Å². The fourth-order valence-electron chi connectivity index (χ4n) is 0. The van der Waals surface area contributed by atoms with Crippen LogP contribution in [0.3, 0.4) is 0 Å². The Morgan fingerprint density at radius 1 is 1.75 bits per heavy atom. The summed E-state index contributed by atoms with van der Waals surface area (Å²) in [5.74, 6) is 0.458. The average molecular weight is 78.5 g/mol. The fraction of sp³-hybridized carbons (Fsp3) is 1.00. The molecular weight excluding hydrogens is 73.5 g/mol. The van der Waals surface area contributed by atoms with Crippen LogP contribution >= 0.6 is 11.6 Å².